The zero-order chi connectivity index (χ0) is 16.0. The minimum atomic E-state index is 0.275. The Balaban J connectivity index is 1.87. The van der Waals surface area contributed by atoms with Crippen molar-refractivity contribution < 1.29 is 0 Å². The van der Waals surface area contributed by atoms with E-state index in [9.17, 15) is 4.79 Å². The quantitative estimate of drug-likeness (QED) is 0.575. The number of fused-ring (bicyclic) bond motifs is 2. The van der Waals surface area contributed by atoms with Gasteiger partial charge in [0.1, 0.15) is 0 Å². The van der Waals surface area contributed by atoms with E-state index in [1.165, 1.54) is 33.7 Å². The summed E-state index contributed by atoms with van der Waals surface area (Å²) < 4.78 is 1.15. The summed E-state index contributed by atoms with van der Waals surface area (Å²) >= 11 is 3.62. The summed E-state index contributed by atoms with van der Waals surface area (Å²) in [6.45, 7) is 4.39. The minimum absolute atomic E-state index is 0.275. The molecule has 0 fully saturated rings. The molecule has 23 heavy (non-hydrogen) atoms. The molecule has 0 amide bonds. The van der Waals surface area contributed by atoms with Gasteiger partial charge >= 0.3 is 0 Å². The number of aryl methyl sites for hydroxylation is 1. The zero-order valence-corrected chi connectivity index (χ0v) is 15.2. The summed E-state index contributed by atoms with van der Waals surface area (Å²) in [5.74, 6) is 0.749. The van der Waals surface area contributed by atoms with Crippen LogP contribution in [0.1, 0.15) is 35.8 Å². The number of rotatable bonds is 2. The van der Waals surface area contributed by atoms with E-state index in [4.69, 9.17) is 0 Å². The summed E-state index contributed by atoms with van der Waals surface area (Å²) in [5, 5.41) is 3.08. The molecule has 0 saturated carbocycles. The van der Waals surface area contributed by atoms with Crippen molar-refractivity contribution >= 4 is 32.8 Å². The van der Waals surface area contributed by atoms with Crippen LogP contribution < -0.4 is 5.43 Å². The van der Waals surface area contributed by atoms with E-state index in [0.717, 1.165) is 34.4 Å². The van der Waals surface area contributed by atoms with Gasteiger partial charge < -0.3 is 0 Å². The summed E-state index contributed by atoms with van der Waals surface area (Å²) in [6, 6.07) is 8.57. The summed E-state index contributed by atoms with van der Waals surface area (Å²) in [6.07, 6.45) is 4.44. The molecule has 0 aliphatic heterocycles. The Hall–Kier alpha value is -1.45. The average Bonchev–Trinajstić information content (AvgIpc) is 3.00. The molecule has 0 N–H and O–H groups in total. The third-order valence-corrected chi connectivity index (χ3v) is 7.25. The lowest BCUT2D eigenvalue weighted by atomic mass is 9.86. The largest absolute Gasteiger partial charge is 0.289 e. The third kappa shape index (κ3) is 2.66. The Morgan fingerprint density at radius 3 is 2.87 bits per heavy atom. The second kappa shape index (κ2) is 5.88. The molecule has 3 aromatic rings. The van der Waals surface area contributed by atoms with E-state index in [0.29, 0.717) is 0 Å². The lowest BCUT2D eigenvalue weighted by molar-refractivity contribution is 0.448. The highest BCUT2D eigenvalue weighted by atomic mass is 32.1. The lowest BCUT2D eigenvalue weighted by Crippen LogP contribution is -2.20. The van der Waals surface area contributed by atoms with Crippen LogP contribution in [0.25, 0.3) is 20.5 Å². The van der Waals surface area contributed by atoms with E-state index in [1.807, 2.05) is 17.4 Å². The summed E-state index contributed by atoms with van der Waals surface area (Å²) in [5.41, 5.74) is 3.90. The van der Waals surface area contributed by atoms with Crippen LogP contribution in [-0.2, 0) is 12.8 Å². The first-order valence-corrected chi connectivity index (χ1v) is 9.99. The number of thiophene rings is 1. The van der Waals surface area contributed by atoms with Gasteiger partial charge in [-0.3, -0.25) is 4.79 Å². The predicted molar refractivity (Wildman–Crippen MR) is 102 cm³/mol. The maximum absolute atomic E-state index is 12.8. The molecule has 118 valence electrons. The van der Waals surface area contributed by atoms with Crippen molar-refractivity contribution in [2.75, 3.05) is 0 Å². The molecule has 3 heteroatoms. The molecule has 1 unspecified atom stereocenters. The van der Waals surface area contributed by atoms with Crippen LogP contribution in [0.3, 0.4) is 0 Å². The zero-order valence-electron chi connectivity index (χ0n) is 13.5. The fourth-order valence-electron chi connectivity index (χ4n) is 3.49. The summed E-state index contributed by atoms with van der Waals surface area (Å²) in [7, 11) is 0. The second-order valence-corrected chi connectivity index (χ2v) is 8.60. The summed E-state index contributed by atoms with van der Waals surface area (Å²) in [4.78, 5) is 15.4. The topological polar surface area (TPSA) is 17.1 Å². The van der Waals surface area contributed by atoms with Gasteiger partial charge in [-0.25, -0.2) is 0 Å². The van der Waals surface area contributed by atoms with Crippen molar-refractivity contribution in [2.45, 2.75) is 39.5 Å². The van der Waals surface area contributed by atoms with Gasteiger partial charge in [-0.1, -0.05) is 19.4 Å². The van der Waals surface area contributed by atoms with Crippen molar-refractivity contribution in [3.8, 4) is 10.4 Å². The van der Waals surface area contributed by atoms with Gasteiger partial charge in [0.15, 0.2) is 5.43 Å². The molecule has 2 heterocycles. The molecular formula is C20H20OS2. The third-order valence-electron chi connectivity index (χ3n) is 4.94. The molecule has 1 aliphatic rings. The molecule has 0 bridgehead atoms. The van der Waals surface area contributed by atoms with Gasteiger partial charge in [-0.05, 0) is 66.8 Å². The van der Waals surface area contributed by atoms with Crippen molar-refractivity contribution in [3.05, 3.63) is 55.9 Å². The Morgan fingerprint density at radius 1 is 1.26 bits per heavy atom. The number of hydrogen-bond donors (Lipinski definition) is 0. The second-order valence-electron chi connectivity index (χ2n) is 6.55. The first-order chi connectivity index (χ1) is 11.2. The first-order valence-electron chi connectivity index (χ1n) is 8.30. The fraction of sp³-hybridized carbons (Fsp3) is 0.350. The van der Waals surface area contributed by atoms with Gasteiger partial charge in [-0.2, -0.15) is 0 Å². The highest BCUT2D eigenvalue weighted by Crippen LogP contribution is 2.35. The molecular weight excluding hydrogens is 320 g/mol. The standard InChI is InChI=1S/C20H20OS2/c1-3-13-4-6-15-18(9-13)23-19-10-14(5-7-16(19)20(15)21)17-8-12(2)11-22-17/h5,7-8,10-11,13H,3-4,6,9H2,1-2H3. The minimum Gasteiger partial charge on any atom is -0.289 e. The average molecular weight is 341 g/mol. The molecule has 1 atom stereocenters. The Bertz CT molecular complexity index is 932. The molecule has 2 aromatic heterocycles. The fourth-order valence-corrected chi connectivity index (χ4v) is 5.75. The van der Waals surface area contributed by atoms with Crippen LogP contribution >= 0.6 is 22.7 Å². The van der Waals surface area contributed by atoms with Crippen LogP contribution in [0.15, 0.2) is 34.4 Å². The molecule has 0 spiro atoms. The molecule has 0 saturated heterocycles. The molecule has 4 rings (SSSR count). The molecule has 1 aliphatic carbocycles. The normalized spacial score (nSPS) is 17.4. The Morgan fingerprint density at radius 2 is 2.13 bits per heavy atom. The van der Waals surface area contributed by atoms with Gasteiger partial charge in [-0.15, -0.1) is 22.7 Å². The van der Waals surface area contributed by atoms with Crippen molar-refractivity contribution in [1.82, 2.24) is 0 Å². The van der Waals surface area contributed by atoms with Gasteiger partial charge in [0.2, 0.25) is 0 Å². The molecule has 1 nitrogen and oxygen atoms in total. The van der Waals surface area contributed by atoms with Crippen molar-refractivity contribution in [3.63, 3.8) is 0 Å². The molecule has 0 radical (unpaired) electrons. The molecule has 1 aromatic carbocycles. The maximum atomic E-state index is 12.8. The van der Waals surface area contributed by atoms with E-state index in [1.54, 1.807) is 11.3 Å². The maximum Gasteiger partial charge on any atom is 0.191 e. The van der Waals surface area contributed by atoms with Crippen molar-refractivity contribution in [1.29, 1.82) is 0 Å². The van der Waals surface area contributed by atoms with Gasteiger partial charge in [0.25, 0.3) is 0 Å². The van der Waals surface area contributed by atoms with E-state index >= 15 is 0 Å². The van der Waals surface area contributed by atoms with Crippen LogP contribution in [0.2, 0.25) is 0 Å². The smallest absolute Gasteiger partial charge is 0.191 e. The predicted octanol–water partition coefficient (Wildman–Crippen LogP) is 5.81. The van der Waals surface area contributed by atoms with Crippen LogP contribution in [0, 0.1) is 12.8 Å². The SMILES string of the molecule is CCC1CCc2c(sc3cc(-c4cc(C)cs4)ccc3c2=O)C1. The number of benzene rings is 1. The monoisotopic (exact) mass is 340 g/mol. The van der Waals surface area contributed by atoms with Crippen LogP contribution in [-0.4, -0.2) is 0 Å². The van der Waals surface area contributed by atoms with E-state index in [-0.39, 0.29) is 5.43 Å². The highest BCUT2D eigenvalue weighted by Gasteiger charge is 2.21. The van der Waals surface area contributed by atoms with E-state index in [2.05, 4.69) is 37.4 Å². The Kier molecular flexibility index (Phi) is 3.86. The number of hydrogen-bond acceptors (Lipinski definition) is 3. The van der Waals surface area contributed by atoms with E-state index < -0.39 is 0 Å². The highest BCUT2D eigenvalue weighted by molar-refractivity contribution is 7.18. The van der Waals surface area contributed by atoms with Gasteiger partial charge in [0.05, 0.1) is 0 Å². The van der Waals surface area contributed by atoms with Crippen LogP contribution in [0.4, 0.5) is 0 Å². The van der Waals surface area contributed by atoms with Crippen LogP contribution in [0.5, 0.6) is 0 Å². The van der Waals surface area contributed by atoms with Gasteiger partial charge in [0, 0.05) is 25.4 Å². The lowest BCUT2D eigenvalue weighted by Gasteiger charge is -2.22. The first kappa shape index (κ1) is 15.1. The van der Waals surface area contributed by atoms with Crippen molar-refractivity contribution in [2.24, 2.45) is 5.92 Å². The Labute approximate surface area is 144 Å².